The number of anilines is 1. The number of hydrogen-bond acceptors (Lipinski definition) is 4. The minimum absolute atomic E-state index is 0.00137. The summed E-state index contributed by atoms with van der Waals surface area (Å²) in [6.07, 6.45) is -4.71. The van der Waals surface area contributed by atoms with E-state index in [0.29, 0.717) is 5.56 Å². The molecule has 0 radical (unpaired) electrons. The molecule has 0 heterocycles. The summed E-state index contributed by atoms with van der Waals surface area (Å²) in [6.45, 7) is 3.63. The van der Waals surface area contributed by atoms with Gasteiger partial charge in [-0.1, -0.05) is 19.1 Å². The van der Waals surface area contributed by atoms with Crippen LogP contribution >= 0.6 is 7.60 Å². The molecule has 0 saturated heterocycles. The molecule has 0 bridgehead atoms. The summed E-state index contributed by atoms with van der Waals surface area (Å²) in [5.41, 5.74) is 0.605. The van der Waals surface area contributed by atoms with Crippen LogP contribution < -0.4 is 5.32 Å². The molecule has 1 aromatic carbocycles. The van der Waals surface area contributed by atoms with Crippen LogP contribution in [0.25, 0.3) is 0 Å². The highest BCUT2D eigenvalue weighted by molar-refractivity contribution is 7.53. The number of rotatable bonds is 7. The van der Waals surface area contributed by atoms with Gasteiger partial charge in [0.15, 0.2) is 0 Å². The summed E-state index contributed by atoms with van der Waals surface area (Å²) in [4.78, 5) is 10.8. The number of carbonyl (C=O) groups excluding carboxylic acids is 1. The summed E-state index contributed by atoms with van der Waals surface area (Å²) < 4.78 is 58.7. The molecule has 9 heteroatoms. The van der Waals surface area contributed by atoms with Gasteiger partial charge in [0, 0.05) is 11.8 Å². The average molecular weight is 339 g/mol. The fraction of sp³-hybridized carbons (Fsp3) is 0.462. The van der Waals surface area contributed by atoms with E-state index in [1.54, 1.807) is 19.2 Å². The van der Waals surface area contributed by atoms with Crippen molar-refractivity contribution in [1.82, 2.24) is 0 Å². The molecule has 1 amide bonds. The Bertz CT molecular complexity index is 545. The Morgan fingerprint density at radius 1 is 1.18 bits per heavy atom. The van der Waals surface area contributed by atoms with E-state index in [0.717, 1.165) is 0 Å². The number of amides is 1. The van der Waals surface area contributed by atoms with E-state index in [2.05, 4.69) is 0 Å². The lowest BCUT2D eigenvalue weighted by atomic mass is 10.2. The van der Waals surface area contributed by atoms with Crippen molar-refractivity contribution in [2.24, 2.45) is 0 Å². The van der Waals surface area contributed by atoms with Gasteiger partial charge in [-0.2, -0.15) is 13.2 Å². The van der Waals surface area contributed by atoms with Crippen molar-refractivity contribution in [2.75, 3.05) is 18.1 Å². The predicted molar refractivity (Wildman–Crippen MR) is 75.7 cm³/mol. The van der Waals surface area contributed by atoms with Gasteiger partial charge in [-0.25, -0.2) is 0 Å². The van der Waals surface area contributed by atoms with Gasteiger partial charge < -0.3 is 14.4 Å². The quantitative estimate of drug-likeness (QED) is 0.764. The highest BCUT2D eigenvalue weighted by Gasteiger charge is 2.38. The maximum atomic E-state index is 12.1. The lowest BCUT2D eigenvalue weighted by Gasteiger charge is -2.16. The van der Waals surface area contributed by atoms with Gasteiger partial charge in [-0.05, 0) is 24.6 Å². The van der Waals surface area contributed by atoms with Crippen molar-refractivity contribution in [1.29, 1.82) is 0 Å². The topological polar surface area (TPSA) is 64.6 Å². The SMILES string of the molecule is CCOP(=O)(CC)OCc1ccc(NC(=O)C(F)(F)F)cc1. The molecule has 0 fully saturated rings. The first-order valence-corrected chi connectivity index (χ1v) is 8.28. The molecule has 1 atom stereocenters. The van der Waals surface area contributed by atoms with Crippen molar-refractivity contribution in [3.05, 3.63) is 29.8 Å². The fourth-order valence-electron chi connectivity index (χ4n) is 1.48. The van der Waals surface area contributed by atoms with Crippen LogP contribution in [0.4, 0.5) is 18.9 Å². The van der Waals surface area contributed by atoms with Gasteiger partial charge >= 0.3 is 19.7 Å². The zero-order valence-corrected chi connectivity index (χ0v) is 13.0. The maximum absolute atomic E-state index is 12.1. The van der Waals surface area contributed by atoms with Crippen LogP contribution in [0.1, 0.15) is 19.4 Å². The fourth-order valence-corrected chi connectivity index (χ4v) is 2.65. The lowest BCUT2D eigenvalue weighted by Crippen LogP contribution is -2.29. The molecule has 124 valence electrons. The van der Waals surface area contributed by atoms with Crippen LogP contribution in [0.5, 0.6) is 0 Å². The summed E-state index contributed by atoms with van der Waals surface area (Å²) in [7, 11) is -3.14. The number of hydrogen-bond donors (Lipinski definition) is 1. The largest absolute Gasteiger partial charge is 0.471 e. The van der Waals surface area contributed by atoms with E-state index in [9.17, 15) is 22.5 Å². The molecule has 1 N–H and O–H groups in total. The Hall–Kier alpha value is -1.37. The van der Waals surface area contributed by atoms with E-state index >= 15 is 0 Å². The molecule has 0 spiro atoms. The summed E-state index contributed by atoms with van der Waals surface area (Å²) in [6, 6.07) is 5.55. The molecule has 0 aliphatic rings. The van der Waals surface area contributed by atoms with Crippen molar-refractivity contribution >= 4 is 19.2 Å². The predicted octanol–water partition coefficient (Wildman–Crippen LogP) is 3.95. The monoisotopic (exact) mass is 339 g/mol. The minimum Gasteiger partial charge on any atom is -0.318 e. The molecule has 5 nitrogen and oxygen atoms in total. The Morgan fingerprint density at radius 2 is 1.77 bits per heavy atom. The average Bonchev–Trinajstić information content (AvgIpc) is 2.46. The van der Waals surface area contributed by atoms with Crippen molar-refractivity contribution in [3.63, 3.8) is 0 Å². The normalized spacial score (nSPS) is 14.4. The number of alkyl halides is 3. The zero-order valence-electron chi connectivity index (χ0n) is 12.1. The van der Waals surface area contributed by atoms with E-state index in [1.807, 2.05) is 0 Å². The first kappa shape index (κ1) is 18.7. The molecule has 1 rings (SSSR count). The van der Waals surface area contributed by atoms with Crippen LogP contribution in [0.2, 0.25) is 0 Å². The van der Waals surface area contributed by atoms with Crippen LogP contribution in [0, 0.1) is 0 Å². The molecule has 1 aromatic rings. The number of nitrogens with one attached hydrogen (secondary N) is 1. The van der Waals surface area contributed by atoms with Crippen molar-refractivity contribution in [3.8, 4) is 0 Å². The second kappa shape index (κ2) is 7.76. The Labute approximate surface area is 126 Å². The van der Waals surface area contributed by atoms with Gasteiger partial charge in [0.1, 0.15) is 0 Å². The molecule has 1 unspecified atom stereocenters. The van der Waals surface area contributed by atoms with E-state index in [4.69, 9.17) is 9.05 Å². The second-order valence-corrected chi connectivity index (χ2v) is 6.64. The third-order valence-corrected chi connectivity index (χ3v) is 4.56. The molecule has 0 aliphatic heterocycles. The number of halogens is 3. The Balaban J connectivity index is 2.62. The third kappa shape index (κ3) is 5.79. The van der Waals surface area contributed by atoms with Crippen LogP contribution in [0.3, 0.4) is 0 Å². The third-order valence-electron chi connectivity index (χ3n) is 2.61. The molecule has 0 saturated carbocycles. The lowest BCUT2D eigenvalue weighted by molar-refractivity contribution is -0.167. The standard InChI is InChI=1S/C13H17F3NO4P/c1-3-20-22(19,4-2)21-9-10-5-7-11(8-6-10)17-12(18)13(14,15)16/h5-8H,3-4,9H2,1-2H3,(H,17,18). The summed E-state index contributed by atoms with van der Waals surface area (Å²) in [5, 5.41) is 1.73. The van der Waals surface area contributed by atoms with E-state index < -0.39 is 19.7 Å². The molecular formula is C13H17F3NO4P. The number of benzene rings is 1. The first-order valence-electron chi connectivity index (χ1n) is 6.55. The zero-order chi connectivity index (χ0) is 16.8. The Morgan fingerprint density at radius 3 is 2.23 bits per heavy atom. The minimum atomic E-state index is -4.94. The first-order chi connectivity index (χ1) is 10.2. The van der Waals surface area contributed by atoms with Crippen molar-refractivity contribution < 1.29 is 31.6 Å². The van der Waals surface area contributed by atoms with Gasteiger partial charge in [0.05, 0.1) is 13.2 Å². The molecule has 22 heavy (non-hydrogen) atoms. The van der Waals surface area contributed by atoms with E-state index in [1.165, 1.54) is 24.3 Å². The molecular weight excluding hydrogens is 322 g/mol. The van der Waals surface area contributed by atoms with Gasteiger partial charge in [0.2, 0.25) is 0 Å². The van der Waals surface area contributed by atoms with E-state index in [-0.39, 0.29) is 25.1 Å². The second-order valence-electron chi connectivity index (χ2n) is 4.27. The summed E-state index contributed by atoms with van der Waals surface area (Å²) >= 11 is 0. The van der Waals surface area contributed by atoms with Crippen LogP contribution in [-0.4, -0.2) is 24.9 Å². The van der Waals surface area contributed by atoms with Gasteiger partial charge in [0.25, 0.3) is 0 Å². The molecule has 0 aromatic heterocycles. The van der Waals surface area contributed by atoms with Crippen molar-refractivity contribution in [2.45, 2.75) is 26.6 Å². The molecule has 0 aliphatic carbocycles. The van der Waals surface area contributed by atoms with Gasteiger partial charge in [-0.15, -0.1) is 0 Å². The smallest absolute Gasteiger partial charge is 0.318 e. The summed E-state index contributed by atoms with van der Waals surface area (Å²) in [5.74, 6) is -2.04. The van der Waals surface area contributed by atoms with Crippen LogP contribution in [-0.2, 0) is 25.0 Å². The highest BCUT2D eigenvalue weighted by Crippen LogP contribution is 2.48. The van der Waals surface area contributed by atoms with Crippen LogP contribution in [0.15, 0.2) is 24.3 Å². The number of carbonyl (C=O) groups is 1. The Kier molecular flexibility index (Phi) is 6.59. The highest BCUT2D eigenvalue weighted by atomic mass is 31.2. The van der Waals surface area contributed by atoms with Gasteiger partial charge in [-0.3, -0.25) is 9.36 Å². The maximum Gasteiger partial charge on any atom is 0.471 e.